The smallest absolute Gasteiger partial charge is 0.0361 e. The zero-order chi connectivity index (χ0) is 46.1. The van der Waals surface area contributed by atoms with E-state index >= 15 is 0 Å². The molecular formula is C68H46S2. The SMILES string of the molecule is C1=CCC(c2ccc(C3=CC=C(c4c5ccccc5c(-c5ccc(-c6ccc7c(-c8ccc9ccccc9c8)c8ccccc8c(-c8ccc9ccccc9c8)c7c6)s5)c5ccccc45)CC3)s2)C=C1. The molecule has 14 rings (SSSR count). The Hall–Kier alpha value is -7.88. The van der Waals surface area contributed by atoms with Gasteiger partial charge in [0.2, 0.25) is 0 Å². The maximum absolute atomic E-state index is 2.48. The molecule has 0 amide bonds. The predicted molar refractivity (Wildman–Crippen MR) is 306 cm³/mol. The highest BCUT2D eigenvalue weighted by molar-refractivity contribution is 7.19. The van der Waals surface area contributed by atoms with Crippen molar-refractivity contribution in [3.05, 3.63) is 252 Å². The molecule has 0 aliphatic heterocycles. The molecule has 330 valence electrons. The molecule has 2 aliphatic carbocycles. The second-order valence-corrected chi connectivity index (χ2v) is 21.1. The molecule has 0 spiro atoms. The highest BCUT2D eigenvalue weighted by Gasteiger charge is 2.23. The third kappa shape index (κ3) is 6.93. The van der Waals surface area contributed by atoms with Crippen molar-refractivity contribution in [1.29, 1.82) is 0 Å². The van der Waals surface area contributed by atoms with Crippen molar-refractivity contribution in [1.82, 2.24) is 0 Å². The Morgan fingerprint density at radius 2 is 0.829 bits per heavy atom. The molecule has 0 fully saturated rings. The van der Waals surface area contributed by atoms with Crippen LogP contribution in [-0.4, -0.2) is 0 Å². The molecule has 1 atom stereocenters. The summed E-state index contributed by atoms with van der Waals surface area (Å²) in [5.74, 6) is 0.492. The van der Waals surface area contributed by atoms with Crippen molar-refractivity contribution in [3.63, 3.8) is 0 Å². The highest BCUT2D eigenvalue weighted by Crippen LogP contribution is 2.50. The van der Waals surface area contributed by atoms with Crippen LogP contribution in [0.25, 0.3) is 119 Å². The molecule has 2 heteroatoms. The molecule has 12 aromatic rings. The molecule has 2 heterocycles. The number of hydrogen-bond acceptors (Lipinski definition) is 2. The van der Waals surface area contributed by atoms with Crippen LogP contribution in [-0.2, 0) is 0 Å². The molecule has 1 unspecified atom stereocenters. The van der Waals surface area contributed by atoms with Crippen LogP contribution in [0.2, 0.25) is 0 Å². The molecule has 0 radical (unpaired) electrons. The number of thiophene rings is 2. The number of rotatable bonds is 7. The molecule has 70 heavy (non-hydrogen) atoms. The maximum atomic E-state index is 2.48. The average molecular weight is 927 g/mol. The van der Waals surface area contributed by atoms with E-state index in [1.165, 1.54) is 134 Å². The van der Waals surface area contributed by atoms with Crippen molar-refractivity contribution in [2.24, 2.45) is 0 Å². The second kappa shape index (κ2) is 17.0. The van der Waals surface area contributed by atoms with E-state index in [1.807, 2.05) is 22.7 Å². The van der Waals surface area contributed by atoms with E-state index in [-0.39, 0.29) is 0 Å². The van der Waals surface area contributed by atoms with E-state index in [0.717, 1.165) is 19.3 Å². The van der Waals surface area contributed by atoms with Gasteiger partial charge in [0.15, 0.2) is 0 Å². The lowest BCUT2D eigenvalue weighted by Crippen LogP contribution is -1.96. The van der Waals surface area contributed by atoms with Crippen molar-refractivity contribution < 1.29 is 0 Å². The minimum atomic E-state index is 0.492. The Kier molecular flexibility index (Phi) is 9.97. The van der Waals surface area contributed by atoms with Gasteiger partial charge in [-0.3, -0.25) is 0 Å². The van der Waals surface area contributed by atoms with Gasteiger partial charge in [-0.15, -0.1) is 22.7 Å². The van der Waals surface area contributed by atoms with Gasteiger partial charge >= 0.3 is 0 Å². The standard InChI is InChI=1S/C68H46S2/c1-2-16-45(17-3-1)61-36-37-62(69-61)46-28-30-47(31-29-46)65-55-22-10-12-24-57(55)68(58-25-13-11-23-56(58)65)64-39-38-63(70-64)50-34-35-59-60(42-50)67(52-33-27-44-15-5-7-19-49(44)41-52)54-21-9-8-20-53(54)66(59)51-32-26-43-14-4-6-18-48(43)40-51/h1-16,18-28,30,32-42,45H,17,29,31H2. The van der Waals surface area contributed by atoms with Crippen molar-refractivity contribution >= 4 is 98.5 Å². The Morgan fingerprint density at radius 3 is 1.43 bits per heavy atom. The summed E-state index contributed by atoms with van der Waals surface area (Å²) in [7, 11) is 0. The highest BCUT2D eigenvalue weighted by atomic mass is 32.1. The van der Waals surface area contributed by atoms with Gasteiger partial charge in [0.25, 0.3) is 0 Å². The van der Waals surface area contributed by atoms with Crippen LogP contribution < -0.4 is 0 Å². The van der Waals surface area contributed by atoms with E-state index in [9.17, 15) is 0 Å². The summed E-state index contributed by atoms with van der Waals surface area (Å²) in [6, 6.07) is 75.3. The van der Waals surface area contributed by atoms with Crippen LogP contribution in [0, 0.1) is 0 Å². The summed E-state index contributed by atoms with van der Waals surface area (Å²) >= 11 is 3.87. The fourth-order valence-electron chi connectivity index (χ4n) is 11.6. The van der Waals surface area contributed by atoms with Gasteiger partial charge in [-0.25, -0.2) is 0 Å². The van der Waals surface area contributed by atoms with Crippen molar-refractivity contribution in [3.8, 4) is 43.1 Å². The fraction of sp³-hybridized carbons (Fsp3) is 0.0588. The minimum Gasteiger partial charge on any atom is -0.140 e. The van der Waals surface area contributed by atoms with Crippen LogP contribution in [0.4, 0.5) is 0 Å². The first-order chi connectivity index (χ1) is 34.7. The normalized spacial score (nSPS) is 14.9. The Bertz CT molecular complexity index is 4160. The van der Waals surface area contributed by atoms with Gasteiger partial charge in [-0.05, 0) is 171 Å². The number of fused-ring (bicyclic) bond motifs is 6. The zero-order valence-corrected chi connectivity index (χ0v) is 40.2. The number of allylic oxidation sites excluding steroid dienone is 8. The molecule has 0 saturated carbocycles. The second-order valence-electron chi connectivity index (χ2n) is 18.9. The van der Waals surface area contributed by atoms with Gasteiger partial charge in [0.1, 0.15) is 0 Å². The maximum Gasteiger partial charge on any atom is 0.0361 e. The van der Waals surface area contributed by atoms with Gasteiger partial charge < -0.3 is 0 Å². The topological polar surface area (TPSA) is 0 Å². The lowest BCUT2D eigenvalue weighted by molar-refractivity contribution is 0.873. The molecule has 0 nitrogen and oxygen atoms in total. The van der Waals surface area contributed by atoms with Crippen molar-refractivity contribution in [2.45, 2.75) is 25.2 Å². The van der Waals surface area contributed by atoms with E-state index in [2.05, 4.69) is 237 Å². The minimum absolute atomic E-state index is 0.492. The first-order valence-corrected chi connectivity index (χ1v) is 26.2. The largest absolute Gasteiger partial charge is 0.140 e. The van der Waals surface area contributed by atoms with Crippen LogP contribution in [0.15, 0.2) is 237 Å². The summed E-state index contributed by atoms with van der Waals surface area (Å²) in [6.45, 7) is 0. The van der Waals surface area contributed by atoms with Crippen LogP contribution in [0.5, 0.6) is 0 Å². The summed E-state index contributed by atoms with van der Waals surface area (Å²) in [5.41, 5.74) is 11.8. The lowest BCUT2D eigenvalue weighted by atomic mass is 9.84. The molecule has 2 aliphatic rings. The molecule has 2 aromatic heterocycles. The van der Waals surface area contributed by atoms with Gasteiger partial charge in [-0.2, -0.15) is 0 Å². The quantitative estimate of drug-likeness (QED) is 0.140. The van der Waals surface area contributed by atoms with Crippen LogP contribution in [0.1, 0.15) is 40.5 Å². The third-order valence-electron chi connectivity index (χ3n) is 14.9. The Morgan fingerprint density at radius 1 is 0.329 bits per heavy atom. The first-order valence-electron chi connectivity index (χ1n) is 24.5. The van der Waals surface area contributed by atoms with E-state index in [1.54, 1.807) is 0 Å². The lowest BCUT2D eigenvalue weighted by Gasteiger charge is -2.21. The molecule has 0 bridgehead atoms. The monoisotopic (exact) mass is 926 g/mol. The Labute approximate surface area is 416 Å². The molecular weight excluding hydrogens is 881 g/mol. The van der Waals surface area contributed by atoms with Crippen molar-refractivity contribution in [2.75, 3.05) is 0 Å². The summed E-state index contributed by atoms with van der Waals surface area (Å²) in [6.07, 6.45) is 16.9. The van der Waals surface area contributed by atoms with Gasteiger partial charge in [0.05, 0.1) is 0 Å². The third-order valence-corrected chi connectivity index (χ3v) is 17.4. The molecule has 10 aromatic carbocycles. The molecule has 0 saturated heterocycles. The number of hydrogen-bond donors (Lipinski definition) is 0. The first kappa shape index (κ1) is 41.1. The molecule has 0 N–H and O–H groups in total. The summed E-state index contributed by atoms with van der Waals surface area (Å²) < 4.78 is 0. The number of benzene rings is 10. The van der Waals surface area contributed by atoms with E-state index in [0.29, 0.717) is 5.92 Å². The summed E-state index contributed by atoms with van der Waals surface area (Å²) in [4.78, 5) is 5.42. The Balaban J connectivity index is 0.912. The van der Waals surface area contributed by atoms with Gasteiger partial charge in [0, 0.05) is 31.0 Å². The van der Waals surface area contributed by atoms with Crippen LogP contribution in [0.3, 0.4) is 0 Å². The van der Waals surface area contributed by atoms with E-state index < -0.39 is 0 Å². The summed E-state index contributed by atoms with van der Waals surface area (Å²) in [5, 5.41) is 15.3. The van der Waals surface area contributed by atoms with Crippen LogP contribution >= 0.6 is 22.7 Å². The zero-order valence-electron chi connectivity index (χ0n) is 38.5. The predicted octanol–water partition coefficient (Wildman–Crippen LogP) is 20.3. The fourth-order valence-corrected chi connectivity index (χ4v) is 13.8. The van der Waals surface area contributed by atoms with E-state index in [4.69, 9.17) is 0 Å². The average Bonchev–Trinajstić information content (AvgIpc) is 4.13. The van der Waals surface area contributed by atoms with Gasteiger partial charge in [-0.1, -0.05) is 194 Å².